The Hall–Kier alpha value is -0.910. The Morgan fingerprint density at radius 3 is 3.07 bits per heavy atom. The lowest BCUT2D eigenvalue weighted by molar-refractivity contribution is 0.0992. The molecule has 0 aliphatic rings. The Balaban J connectivity index is 2.33. The number of nitrogens with zero attached hydrogens (tertiary/aromatic N) is 2. The maximum atomic E-state index is 8.48. The molecule has 0 saturated carbocycles. The van der Waals surface area contributed by atoms with Crippen molar-refractivity contribution in [3.8, 4) is 0 Å². The third kappa shape index (κ3) is 4.42. The molecule has 5 nitrogen and oxygen atoms in total. The smallest absolute Gasteiger partial charge is 0.224 e. The SMILES string of the molecule is Cc1cnc(Cl)nc1NCCOCCO. The summed E-state index contributed by atoms with van der Waals surface area (Å²) in [6.07, 6.45) is 1.66. The molecule has 0 aliphatic carbocycles. The summed E-state index contributed by atoms with van der Waals surface area (Å²) in [7, 11) is 0. The first kappa shape index (κ1) is 12.2. The van der Waals surface area contributed by atoms with E-state index < -0.39 is 0 Å². The van der Waals surface area contributed by atoms with Gasteiger partial charge in [-0.2, -0.15) is 0 Å². The van der Waals surface area contributed by atoms with Crippen molar-refractivity contribution >= 4 is 17.4 Å². The Kier molecular flexibility index (Phi) is 5.31. The van der Waals surface area contributed by atoms with E-state index in [1.165, 1.54) is 0 Å². The fourth-order valence-corrected chi connectivity index (χ4v) is 1.14. The highest BCUT2D eigenvalue weighted by molar-refractivity contribution is 6.28. The van der Waals surface area contributed by atoms with Crippen LogP contribution in [0.1, 0.15) is 5.56 Å². The van der Waals surface area contributed by atoms with Crippen LogP contribution in [0.5, 0.6) is 0 Å². The molecule has 0 aliphatic heterocycles. The molecule has 0 amide bonds. The number of nitrogens with one attached hydrogen (secondary N) is 1. The molecule has 15 heavy (non-hydrogen) atoms. The second-order valence-corrected chi connectivity index (χ2v) is 3.27. The number of hydrogen-bond acceptors (Lipinski definition) is 5. The summed E-state index contributed by atoms with van der Waals surface area (Å²) < 4.78 is 5.09. The highest BCUT2D eigenvalue weighted by Crippen LogP contribution is 2.11. The molecule has 1 aromatic heterocycles. The summed E-state index contributed by atoms with van der Waals surface area (Å²) in [5.41, 5.74) is 0.932. The number of ether oxygens (including phenoxy) is 1. The molecule has 0 unspecified atom stereocenters. The van der Waals surface area contributed by atoms with E-state index in [9.17, 15) is 0 Å². The van der Waals surface area contributed by atoms with Crippen LogP contribution in [0, 0.1) is 6.92 Å². The highest BCUT2D eigenvalue weighted by atomic mass is 35.5. The van der Waals surface area contributed by atoms with Gasteiger partial charge in [0.05, 0.1) is 19.8 Å². The Morgan fingerprint density at radius 2 is 2.33 bits per heavy atom. The zero-order valence-electron chi connectivity index (χ0n) is 8.53. The normalized spacial score (nSPS) is 10.3. The maximum Gasteiger partial charge on any atom is 0.224 e. The molecule has 0 atom stereocenters. The highest BCUT2D eigenvalue weighted by Gasteiger charge is 2.00. The van der Waals surface area contributed by atoms with E-state index in [1.54, 1.807) is 6.20 Å². The predicted molar refractivity (Wildman–Crippen MR) is 58.2 cm³/mol. The summed E-state index contributed by atoms with van der Waals surface area (Å²) in [5, 5.41) is 11.8. The van der Waals surface area contributed by atoms with Crippen molar-refractivity contribution < 1.29 is 9.84 Å². The Labute approximate surface area is 93.5 Å². The summed E-state index contributed by atoms with van der Waals surface area (Å²) in [6.45, 7) is 3.42. The lowest BCUT2D eigenvalue weighted by Gasteiger charge is -2.08. The van der Waals surface area contributed by atoms with Crippen LogP contribution in [0.15, 0.2) is 6.20 Å². The fraction of sp³-hybridized carbons (Fsp3) is 0.556. The molecule has 84 valence electrons. The first-order chi connectivity index (χ1) is 7.24. The average molecular weight is 232 g/mol. The average Bonchev–Trinajstić information content (AvgIpc) is 2.23. The molecule has 0 aromatic carbocycles. The van der Waals surface area contributed by atoms with Gasteiger partial charge < -0.3 is 15.2 Å². The monoisotopic (exact) mass is 231 g/mol. The summed E-state index contributed by atoms with van der Waals surface area (Å²) in [5.74, 6) is 0.711. The summed E-state index contributed by atoms with van der Waals surface area (Å²) >= 11 is 5.65. The molecule has 0 bridgehead atoms. The molecule has 2 N–H and O–H groups in total. The van der Waals surface area contributed by atoms with Crippen LogP contribution in [0.2, 0.25) is 5.28 Å². The van der Waals surface area contributed by atoms with Gasteiger partial charge in [0.25, 0.3) is 0 Å². The predicted octanol–water partition coefficient (Wildman–Crippen LogP) is 0.859. The van der Waals surface area contributed by atoms with Gasteiger partial charge in [0.1, 0.15) is 5.82 Å². The quantitative estimate of drug-likeness (QED) is 0.562. The molecule has 0 radical (unpaired) electrons. The van der Waals surface area contributed by atoms with Gasteiger partial charge >= 0.3 is 0 Å². The van der Waals surface area contributed by atoms with E-state index in [0.717, 1.165) is 5.56 Å². The van der Waals surface area contributed by atoms with Crippen LogP contribution < -0.4 is 5.32 Å². The zero-order chi connectivity index (χ0) is 11.1. The van der Waals surface area contributed by atoms with Gasteiger partial charge in [0, 0.05) is 18.3 Å². The lowest BCUT2D eigenvalue weighted by Crippen LogP contribution is -2.13. The molecular formula is C9H14ClN3O2. The van der Waals surface area contributed by atoms with E-state index in [0.29, 0.717) is 25.6 Å². The number of aryl methyl sites for hydroxylation is 1. The minimum Gasteiger partial charge on any atom is -0.394 e. The van der Waals surface area contributed by atoms with Gasteiger partial charge in [-0.1, -0.05) is 0 Å². The van der Waals surface area contributed by atoms with Crippen LogP contribution in [-0.2, 0) is 4.74 Å². The van der Waals surface area contributed by atoms with Gasteiger partial charge in [-0.3, -0.25) is 0 Å². The van der Waals surface area contributed by atoms with Crippen LogP contribution in [0.4, 0.5) is 5.82 Å². The van der Waals surface area contributed by atoms with Crippen molar-refractivity contribution in [2.75, 3.05) is 31.7 Å². The Morgan fingerprint density at radius 1 is 1.53 bits per heavy atom. The number of aliphatic hydroxyl groups excluding tert-OH is 1. The number of aromatic nitrogens is 2. The van der Waals surface area contributed by atoms with Crippen LogP contribution >= 0.6 is 11.6 Å². The molecule has 1 rings (SSSR count). The number of anilines is 1. The summed E-state index contributed by atoms with van der Waals surface area (Å²) in [4.78, 5) is 7.88. The van der Waals surface area contributed by atoms with E-state index in [2.05, 4.69) is 15.3 Å². The van der Waals surface area contributed by atoms with Gasteiger partial charge in [0.15, 0.2) is 0 Å². The van der Waals surface area contributed by atoms with Crippen LogP contribution in [0.25, 0.3) is 0 Å². The standard InChI is InChI=1S/C9H14ClN3O2/c1-7-6-12-9(10)13-8(7)11-2-4-15-5-3-14/h6,14H,2-5H2,1H3,(H,11,12,13). The van der Waals surface area contributed by atoms with E-state index in [-0.39, 0.29) is 11.9 Å². The van der Waals surface area contributed by atoms with Crippen molar-refractivity contribution in [3.05, 3.63) is 17.0 Å². The van der Waals surface area contributed by atoms with Crippen LogP contribution in [-0.4, -0.2) is 41.4 Å². The molecule has 1 aromatic rings. The fourth-order valence-electron chi connectivity index (χ4n) is 1.01. The molecule has 0 fully saturated rings. The third-order valence-electron chi connectivity index (χ3n) is 1.72. The molecular weight excluding hydrogens is 218 g/mol. The lowest BCUT2D eigenvalue weighted by atomic mass is 10.3. The van der Waals surface area contributed by atoms with Crippen molar-refractivity contribution in [2.24, 2.45) is 0 Å². The molecule has 6 heteroatoms. The molecule has 0 spiro atoms. The first-order valence-corrected chi connectivity index (χ1v) is 5.03. The van der Waals surface area contributed by atoms with Gasteiger partial charge in [-0.05, 0) is 18.5 Å². The van der Waals surface area contributed by atoms with Gasteiger partial charge in [-0.25, -0.2) is 9.97 Å². The zero-order valence-corrected chi connectivity index (χ0v) is 9.29. The summed E-state index contributed by atoms with van der Waals surface area (Å²) in [6, 6.07) is 0. The van der Waals surface area contributed by atoms with E-state index in [1.807, 2.05) is 6.92 Å². The topological polar surface area (TPSA) is 67.3 Å². The number of halogens is 1. The van der Waals surface area contributed by atoms with Crippen molar-refractivity contribution in [2.45, 2.75) is 6.92 Å². The second-order valence-electron chi connectivity index (χ2n) is 2.93. The van der Waals surface area contributed by atoms with Crippen LogP contribution in [0.3, 0.4) is 0 Å². The minimum absolute atomic E-state index is 0.0400. The maximum absolute atomic E-state index is 8.48. The number of aliphatic hydroxyl groups is 1. The largest absolute Gasteiger partial charge is 0.394 e. The van der Waals surface area contributed by atoms with Crippen molar-refractivity contribution in [1.82, 2.24) is 9.97 Å². The first-order valence-electron chi connectivity index (χ1n) is 4.65. The number of hydrogen-bond donors (Lipinski definition) is 2. The van der Waals surface area contributed by atoms with Crippen molar-refractivity contribution in [3.63, 3.8) is 0 Å². The van der Waals surface area contributed by atoms with E-state index >= 15 is 0 Å². The molecule has 0 saturated heterocycles. The van der Waals surface area contributed by atoms with Gasteiger partial charge in [0.2, 0.25) is 5.28 Å². The van der Waals surface area contributed by atoms with E-state index in [4.69, 9.17) is 21.4 Å². The minimum atomic E-state index is 0.0400. The number of rotatable bonds is 6. The Bertz CT molecular complexity index is 309. The molecule has 1 heterocycles. The third-order valence-corrected chi connectivity index (χ3v) is 1.90. The second kappa shape index (κ2) is 6.55. The van der Waals surface area contributed by atoms with Gasteiger partial charge in [-0.15, -0.1) is 0 Å². The van der Waals surface area contributed by atoms with Crippen molar-refractivity contribution in [1.29, 1.82) is 0 Å².